The van der Waals surface area contributed by atoms with Gasteiger partial charge < -0.3 is 5.32 Å². The lowest BCUT2D eigenvalue weighted by atomic mass is 9.65. The summed E-state index contributed by atoms with van der Waals surface area (Å²) in [4.78, 5) is 0. The van der Waals surface area contributed by atoms with Crippen LogP contribution < -0.4 is 5.32 Å². The van der Waals surface area contributed by atoms with Crippen molar-refractivity contribution in [3.63, 3.8) is 0 Å². The Hall–Kier alpha value is -0.0400. The molecule has 2 saturated carbocycles. The van der Waals surface area contributed by atoms with Gasteiger partial charge >= 0.3 is 0 Å². The van der Waals surface area contributed by atoms with E-state index in [0.717, 1.165) is 23.7 Å². The summed E-state index contributed by atoms with van der Waals surface area (Å²) in [5.74, 6) is 3.92. The summed E-state index contributed by atoms with van der Waals surface area (Å²) < 4.78 is 0. The van der Waals surface area contributed by atoms with E-state index < -0.39 is 0 Å². The summed E-state index contributed by atoms with van der Waals surface area (Å²) in [5.41, 5.74) is 0.555. The molecule has 3 unspecified atom stereocenters. The molecule has 0 aromatic carbocycles. The number of hydrogen-bond acceptors (Lipinski definition) is 1. The Balaban J connectivity index is 1.79. The largest absolute Gasteiger partial charge is 0.311 e. The monoisotopic (exact) mass is 249 g/mol. The molecule has 0 amide bonds. The molecule has 0 aromatic rings. The lowest BCUT2D eigenvalue weighted by Gasteiger charge is -2.47. The Labute approximate surface area is 113 Å². The van der Waals surface area contributed by atoms with E-state index in [-0.39, 0.29) is 0 Å². The van der Waals surface area contributed by atoms with Gasteiger partial charge in [0, 0.05) is 5.54 Å². The SMILES string of the molecule is CC1CC(C)CC(C2(C3CC3)CCCCCN2)C1. The second-order valence-corrected chi connectivity index (χ2v) is 7.67. The van der Waals surface area contributed by atoms with Crippen LogP contribution in [0.15, 0.2) is 0 Å². The van der Waals surface area contributed by atoms with Crippen molar-refractivity contribution in [1.29, 1.82) is 0 Å². The first-order valence-corrected chi connectivity index (χ1v) is 8.46. The molecule has 1 saturated heterocycles. The maximum atomic E-state index is 4.07. The molecule has 0 bridgehead atoms. The highest BCUT2D eigenvalue weighted by molar-refractivity contribution is 5.07. The Kier molecular flexibility index (Phi) is 3.71. The molecule has 0 radical (unpaired) electrons. The first-order chi connectivity index (χ1) is 8.71. The second kappa shape index (κ2) is 5.15. The molecule has 1 heteroatoms. The van der Waals surface area contributed by atoms with Crippen molar-refractivity contribution < 1.29 is 0 Å². The molecule has 1 heterocycles. The molecule has 3 atom stereocenters. The second-order valence-electron chi connectivity index (χ2n) is 7.67. The quantitative estimate of drug-likeness (QED) is 0.766. The van der Waals surface area contributed by atoms with Gasteiger partial charge in [-0.15, -0.1) is 0 Å². The van der Waals surface area contributed by atoms with E-state index in [2.05, 4.69) is 19.2 Å². The van der Waals surface area contributed by atoms with Crippen LogP contribution >= 0.6 is 0 Å². The highest BCUT2D eigenvalue weighted by atomic mass is 15.0. The average molecular weight is 249 g/mol. The predicted molar refractivity (Wildman–Crippen MR) is 77.6 cm³/mol. The van der Waals surface area contributed by atoms with Crippen molar-refractivity contribution in [2.45, 2.75) is 77.2 Å². The van der Waals surface area contributed by atoms with E-state index in [1.807, 2.05) is 0 Å². The third-order valence-electron chi connectivity index (χ3n) is 5.93. The van der Waals surface area contributed by atoms with Crippen molar-refractivity contribution in [3.05, 3.63) is 0 Å². The molecule has 104 valence electrons. The smallest absolute Gasteiger partial charge is 0.0238 e. The van der Waals surface area contributed by atoms with Gasteiger partial charge in [0.05, 0.1) is 0 Å². The Morgan fingerprint density at radius 1 is 0.833 bits per heavy atom. The van der Waals surface area contributed by atoms with Gasteiger partial charge in [0.1, 0.15) is 0 Å². The van der Waals surface area contributed by atoms with Crippen molar-refractivity contribution in [3.8, 4) is 0 Å². The summed E-state index contributed by atoms with van der Waals surface area (Å²) in [6.07, 6.45) is 13.3. The van der Waals surface area contributed by atoms with Crippen LogP contribution in [-0.4, -0.2) is 12.1 Å². The molecule has 1 nitrogen and oxygen atoms in total. The van der Waals surface area contributed by atoms with E-state index in [9.17, 15) is 0 Å². The Bertz CT molecular complexity index is 263. The molecule has 0 aromatic heterocycles. The van der Waals surface area contributed by atoms with Crippen molar-refractivity contribution >= 4 is 0 Å². The van der Waals surface area contributed by atoms with Crippen LogP contribution in [0, 0.1) is 23.7 Å². The normalized spacial score (nSPS) is 46.7. The third-order valence-corrected chi connectivity index (χ3v) is 5.93. The Morgan fingerprint density at radius 2 is 1.56 bits per heavy atom. The number of nitrogens with one attached hydrogen (secondary N) is 1. The lowest BCUT2D eigenvalue weighted by Crippen LogP contribution is -2.54. The van der Waals surface area contributed by atoms with Gasteiger partial charge in [-0.25, -0.2) is 0 Å². The number of hydrogen-bond donors (Lipinski definition) is 1. The van der Waals surface area contributed by atoms with Gasteiger partial charge in [-0.3, -0.25) is 0 Å². The molecule has 3 aliphatic rings. The molecule has 18 heavy (non-hydrogen) atoms. The van der Waals surface area contributed by atoms with Crippen molar-refractivity contribution in [2.24, 2.45) is 23.7 Å². The molecular weight excluding hydrogens is 218 g/mol. The minimum Gasteiger partial charge on any atom is -0.311 e. The summed E-state index contributed by atoms with van der Waals surface area (Å²) >= 11 is 0. The van der Waals surface area contributed by atoms with E-state index in [1.54, 1.807) is 0 Å². The third kappa shape index (κ3) is 2.48. The molecule has 1 N–H and O–H groups in total. The van der Waals surface area contributed by atoms with Gasteiger partial charge in [0.15, 0.2) is 0 Å². The summed E-state index contributed by atoms with van der Waals surface area (Å²) in [6.45, 7) is 6.26. The summed E-state index contributed by atoms with van der Waals surface area (Å²) in [5, 5.41) is 4.07. The van der Waals surface area contributed by atoms with Gasteiger partial charge in [0.2, 0.25) is 0 Å². The average Bonchev–Trinajstić information content (AvgIpc) is 3.15. The maximum Gasteiger partial charge on any atom is 0.0238 e. The van der Waals surface area contributed by atoms with Crippen LogP contribution in [-0.2, 0) is 0 Å². The van der Waals surface area contributed by atoms with Crippen molar-refractivity contribution in [1.82, 2.24) is 5.32 Å². The zero-order valence-electron chi connectivity index (χ0n) is 12.4. The highest BCUT2D eigenvalue weighted by Crippen LogP contribution is 2.52. The zero-order chi connectivity index (χ0) is 12.6. The zero-order valence-corrected chi connectivity index (χ0v) is 12.4. The van der Waals surface area contributed by atoms with Crippen LogP contribution in [0.1, 0.15) is 71.6 Å². The van der Waals surface area contributed by atoms with Gasteiger partial charge in [0.25, 0.3) is 0 Å². The summed E-state index contributed by atoms with van der Waals surface area (Å²) in [7, 11) is 0. The topological polar surface area (TPSA) is 12.0 Å². The van der Waals surface area contributed by atoms with Gasteiger partial charge in [-0.2, -0.15) is 0 Å². The van der Waals surface area contributed by atoms with Gasteiger partial charge in [-0.1, -0.05) is 26.7 Å². The fourth-order valence-corrected chi connectivity index (χ4v) is 5.13. The fourth-order valence-electron chi connectivity index (χ4n) is 5.13. The van der Waals surface area contributed by atoms with Crippen LogP contribution in [0.5, 0.6) is 0 Å². The van der Waals surface area contributed by atoms with E-state index in [0.29, 0.717) is 5.54 Å². The summed E-state index contributed by atoms with van der Waals surface area (Å²) in [6, 6.07) is 0. The molecule has 1 aliphatic heterocycles. The first-order valence-electron chi connectivity index (χ1n) is 8.46. The lowest BCUT2D eigenvalue weighted by molar-refractivity contribution is 0.0849. The Morgan fingerprint density at radius 3 is 2.22 bits per heavy atom. The highest BCUT2D eigenvalue weighted by Gasteiger charge is 2.50. The fraction of sp³-hybridized carbons (Fsp3) is 1.00. The van der Waals surface area contributed by atoms with E-state index in [4.69, 9.17) is 0 Å². The minimum atomic E-state index is 0.555. The van der Waals surface area contributed by atoms with Crippen LogP contribution in [0.25, 0.3) is 0 Å². The molecule has 0 spiro atoms. The van der Waals surface area contributed by atoms with Gasteiger partial charge in [-0.05, 0) is 75.2 Å². The molecular formula is C17H31N. The van der Waals surface area contributed by atoms with Crippen LogP contribution in [0.3, 0.4) is 0 Å². The van der Waals surface area contributed by atoms with Crippen LogP contribution in [0.2, 0.25) is 0 Å². The first kappa shape index (κ1) is 13.0. The van der Waals surface area contributed by atoms with E-state index in [1.165, 1.54) is 64.3 Å². The van der Waals surface area contributed by atoms with E-state index >= 15 is 0 Å². The molecule has 2 aliphatic carbocycles. The molecule has 3 rings (SSSR count). The predicted octanol–water partition coefficient (Wildman–Crippen LogP) is 4.37. The molecule has 3 fully saturated rings. The van der Waals surface area contributed by atoms with Crippen molar-refractivity contribution in [2.75, 3.05) is 6.54 Å². The number of rotatable bonds is 2. The minimum absolute atomic E-state index is 0.555. The van der Waals surface area contributed by atoms with Crippen LogP contribution in [0.4, 0.5) is 0 Å². The standard InChI is InChI=1S/C17H31N/c1-13-10-14(2)12-16(11-13)17(15-6-7-15)8-4-3-5-9-18-17/h13-16,18H,3-12H2,1-2H3. The maximum absolute atomic E-state index is 4.07.